The smallest absolute Gasteiger partial charge is 0.0723 e. The third kappa shape index (κ3) is 7.17. The third-order valence-corrected chi connectivity index (χ3v) is 7.41. The minimum Gasteiger partial charge on any atom is -0.287 e. The average molecular weight is 487 g/mol. The van der Waals surface area contributed by atoms with Crippen LogP contribution in [0.3, 0.4) is 0 Å². The minimum atomic E-state index is 0.112. The number of hydrogen-bond donors (Lipinski definition) is 0. The maximum absolute atomic E-state index is 5.01. The number of aliphatic imine (C=N–C) groups is 2. The molecule has 3 rings (SSSR count). The van der Waals surface area contributed by atoms with Crippen LogP contribution in [0, 0.1) is 0 Å². The Bertz CT molecular complexity index is 966. The molecule has 0 heterocycles. The lowest BCUT2D eigenvalue weighted by molar-refractivity contribution is 0.353. The fourth-order valence-corrected chi connectivity index (χ4v) is 4.36. The molecule has 2 heteroatoms. The van der Waals surface area contributed by atoms with E-state index in [-0.39, 0.29) is 33.7 Å². The van der Waals surface area contributed by atoms with Crippen LogP contribution in [0.5, 0.6) is 0 Å². The molecule has 36 heavy (non-hydrogen) atoms. The van der Waals surface area contributed by atoms with Crippen LogP contribution in [0.15, 0.2) is 46.4 Å². The Morgan fingerprint density at radius 1 is 0.472 bits per heavy atom. The van der Waals surface area contributed by atoms with Crippen molar-refractivity contribution >= 4 is 12.4 Å². The molecule has 0 aromatic heterocycles. The zero-order valence-electron chi connectivity index (χ0n) is 25.1. The number of rotatable bonds is 4. The summed E-state index contributed by atoms with van der Waals surface area (Å²) in [5.74, 6) is 0. The van der Waals surface area contributed by atoms with Crippen molar-refractivity contribution in [2.24, 2.45) is 9.98 Å². The van der Waals surface area contributed by atoms with E-state index < -0.39 is 0 Å². The van der Waals surface area contributed by atoms with Crippen molar-refractivity contribution in [3.8, 4) is 0 Å². The minimum absolute atomic E-state index is 0.112. The second-order valence-electron chi connectivity index (χ2n) is 15.0. The zero-order valence-corrected chi connectivity index (χ0v) is 25.1. The van der Waals surface area contributed by atoms with Crippen LogP contribution >= 0.6 is 0 Å². The molecule has 1 aliphatic carbocycles. The first-order valence-corrected chi connectivity index (χ1v) is 13.7. The summed E-state index contributed by atoms with van der Waals surface area (Å²) in [6, 6.07) is 14.5. The second kappa shape index (κ2) is 9.92. The van der Waals surface area contributed by atoms with Crippen molar-refractivity contribution < 1.29 is 0 Å². The van der Waals surface area contributed by atoms with E-state index in [0.717, 1.165) is 12.8 Å². The van der Waals surface area contributed by atoms with Crippen LogP contribution in [-0.2, 0) is 21.7 Å². The Morgan fingerprint density at radius 2 is 0.722 bits per heavy atom. The van der Waals surface area contributed by atoms with Crippen LogP contribution in [-0.4, -0.2) is 24.5 Å². The first kappa shape index (κ1) is 28.4. The topological polar surface area (TPSA) is 24.7 Å². The van der Waals surface area contributed by atoms with E-state index in [2.05, 4.69) is 132 Å². The maximum atomic E-state index is 5.01. The number of nitrogens with zero attached hydrogens (tertiary/aromatic N) is 2. The lowest BCUT2D eigenvalue weighted by Crippen LogP contribution is -2.34. The Kier molecular flexibility index (Phi) is 7.81. The number of benzene rings is 2. The van der Waals surface area contributed by atoms with Crippen LogP contribution in [0.25, 0.3) is 0 Å². The third-order valence-electron chi connectivity index (χ3n) is 7.41. The molecule has 196 valence electrons. The van der Waals surface area contributed by atoms with Crippen molar-refractivity contribution in [3.63, 3.8) is 0 Å². The van der Waals surface area contributed by atoms with E-state index in [9.17, 15) is 0 Å². The predicted molar refractivity (Wildman–Crippen MR) is 160 cm³/mol. The van der Waals surface area contributed by atoms with Crippen molar-refractivity contribution in [1.29, 1.82) is 0 Å². The van der Waals surface area contributed by atoms with Crippen LogP contribution in [0.1, 0.15) is 129 Å². The molecule has 0 bridgehead atoms. The average Bonchev–Trinajstić information content (AvgIpc) is 2.70. The molecule has 0 aliphatic heterocycles. The van der Waals surface area contributed by atoms with Gasteiger partial charge in [0.1, 0.15) is 0 Å². The van der Waals surface area contributed by atoms with E-state index in [1.165, 1.54) is 33.4 Å². The largest absolute Gasteiger partial charge is 0.287 e. The van der Waals surface area contributed by atoms with Crippen LogP contribution in [0.2, 0.25) is 0 Å². The normalized spacial score (nSPS) is 19.8. The first-order valence-electron chi connectivity index (χ1n) is 13.7. The van der Waals surface area contributed by atoms with Gasteiger partial charge in [-0.15, -0.1) is 0 Å². The second-order valence-corrected chi connectivity index (χ2v) is 15.0. The predicted octanol–water partition coefficient (Wildman–Crippen LogP) is 8.95. The summed E-state index contributed by atoms with van der Waals surface area (Å²) in [4.78, 5) is 10.0. The van der Waals surface area contributed by atoms with Crippen molar-refractivity contribution in [1.82, 2.24) is 0 Å². The van der Waals surface area contributed by atoms with Gasteiger partial charge in [0, 0.05) is 12.4 Å². The molecule has 0 amide bonds. The maximum Gasteiger partial charge on any atom is 0.0723 e. The molecule has 1 saturated carbocycles. The molecule has 2 aromatic rings. The Hall–Kier alpha value is -2.22. The van der Waals surface area contributed by atoms with Gasteiger partial charge in [0.25, 0.3) is 0 Å². The van der Waals surface area contributed by atoms with Gasteiger partial charge in [-0.25, -0.2) is 0 Å². The molecular formula is C34H50N2. The van der Waals surface area contributed by atoms with Gasteiger partial charge in [-0.3, -0.25) is 9.98 Å². The molecule has 0 spiro atoms. The quantitative estimate of drug-likeness (QED) is 0.385. The first-order chi connectivity index (χ1) is 16.3. The zero-order chi connectivity index (χ0) is 27.1. The fraction of sp³-hybridized carbons (Fsp3) is 0.588. The van der Waals surface area contributed by atoms with Gasteiger partial charge >= 0.3 is 0 Å². The van der Waals surface area contributed by atoms with Crippen LogP contribution in [0.4, 0.5) is 0 Å². The van der Waals surface area contributed by atoms with Gasteiger partial charge in [0.05, 0.1) is 12.1 Å². The van der Waals surface area contributed by atoms with Gasteiger partial charge < -0.3 is 0 Å². The molecule has 0 radical (unpaired) electrons. The summed E-state index contributed by atoms with van der Waals surface area (Å²) in [6.07, 6.45) is 6.40. The molecule has 0 saturated heterocycles. The van der Waals surface area contributed by atoms with E-state index in [4.69, 9.17) is 9.98 Å². The summed E-state index contributed by atoms with van der Waals surface area (Å²) in [6.45, 7) is 27.4. The summed E-state index contributed by atoms with van der Waals surface area (Å²) < 4.78 is 0. The molecule has 0 unspecified atom stereocenters. The lowest BCUT2D eigenvalue weighted by atomic mass is 9.79. The number of hydrogen-bond acceptors (Lipinski definition) is 2. The van der Waals surface area contributed by atoms with Crippen molar-refractivity contribution in [3.05, 3.63) is 69.8 Å². The molecule has 2 aromatic carbocycles. The van der Waals surface area contributed by atoms with Crippen molar-refractivity contribution in [2.45, 2.75) is 130 Å². The van der Waals surface area contributed by atoms with E-state index in [1.807, 2.05) is 0 Å². The van der Waals surface area contributed by atoms with Crippen LogP contribution < -0.4 is 0 Å². The van der Waals surface area contributed by atoms with E-state index in [0.29, 0.717) is 0 Å². The summed E-state index contributed by atoms with van der Waals surface area (Å²) in [5, 5.41) is 0. The molecular weight excluding hydrogens is 436 g/mol. The highest BCUT2D eigenvalue weighted by Gasteiger charge is 2.29. The Labute approximate surface area is 221 Å². The molecule has 2 nitrogen and oxygen atoms in total. The fourth-order valence-electron chi connectivity index (χ4n) is 4.36. The summed E-state index contributed by atoms with van der Waals surface area (Å²) in [5.41, 5.74) is 8.33. The Balaban J connectivity index is 1.83. The van der Waals surface area contributed by atoms with Gasteiger partial charge in [-0.2, -0.15) is 0 Å². The Morgan fingerprint density at radius 3 is 0.917 bits per heavy atom. The molecule has 2 atom stereocenters. The summed E-state index contributed by atoms with van der Waals surface area (Å²) in [7, 11) is 0. The highest BCUT2D eigenvalue weighted by Crippen LogP contribution is 2.32. The van der Waals surface area contributed by atoms with Gasteiger partial charge in [0.15, 0.2) is 0 Å². The molecule has 1 fully saturated rings. The standard InChI is InChI=1S/C34H50N2/c1-31(2,3)25-15-23(16-26(19-25)32(4,5)6)21-35-29-13-14-30(29)36-22-24-17-27(33(7,8)9)20-28(18-24)34(10,11)12/h15-22,29-30H,13-14H2,1-12H3/t29-,30-/m0/s1. The SMILES string of the molecule is CC(C)(C)c1cc(C=N[C@H]2CC[C@@H]2N=Cc2cc(C(C)(C)C)cc(C(C)(C)C)c2)cc(C(C)(C)C)c1. The lowest BCUT2D eigenvalue weighted by Gasteiger charge is -2.30. The van der Waals surface area contributed by atoms with E-state index >= 15 is 0 Å². The highest BCUT2D eigenvalue weighted by molar-refractivity contribution is 5.82. The van der Waals surface area contributed by atoms with Gasteiger partial charge in [-0.05, 0) is 92.1 Å². The van der Waals surface area contributed by atoms with Gasteiger partial charge in [-0.1, -0.05) is 95.2 Å². The van der Waals surface area contributed by atoms with Gasteiger partial charge in [0.2, 0.25) is 0 Å². The van der Waals surface area contributed by atoms with Crippen molar-refractivity contribution in [2.75, 3.05) is 0 Å². The molecule has 1 aliphatic rings. The highest BCUT2D eigenvalue weighted by atomic mass is 14.9. The molecule has 0 N–H and O–H groups in total. The van der Waals surface area contributed by atoms with E-state index in [1.54, 1.807) is 0 Å². The monoisotopic (exact) mass is 486 g/mol. The summed E-state index contributed by atoms with van der Waals surface area (Å²) >= 11 is 0.